The summed E-state index contributed by atoms with van der Waals surface area (Å²) in [6, 6.07) is 0. The Morgan fingerprint density at radius 2 is 1.84 bits per heavy atom. The molecule has 1 aliphatic rings. The number of piperidine rings is 1. The van der Waals surface area contributed by atoms with Crippen LogP contribution in [0.15, 0.2) is 0 Å². The third kappa shape index (κ3) is 8.93. The smallest absolute Gasteiger partial charge is 0.308 e. The van der Waals surface area contributed by atoms with Crippen molar-refractivity contribution in [3.63, 3.8) is 0 Å². The van der Waals surface area contributed by atoms with Gasteiger partial charge in [-0.3, -0.25) is 4.79 Å². The van der Waals surface area contributed by atoms with Gasteiger partial charge in [0.2, 0.25) is 0 Å². The molecule has 0 bridgehead atoms. The van der Waals surface area contributed by atoms with Crippen molar-refractivity contribution in [3.05, 3.63) is 0 Å². The lowest BCUT2D eigenvalue weighted by atomic mass is 10.1. The fraction of sp³-hybridized carbons (Fsp3) is 0.923. The molecule has 0 aromatic rings. The molecule has 0 aliphatic carbocycles. The van der Waals surface area contributed by atoms with Crippen LogP contribution in [0.25, 0.3) is 0 Å². The van der Waals surface area contributed by atoms with E-state index in [1.807, 2.05) is 0 Å². The van der Waals surface area contributed by atoms with E-state index in [-0.39, 0.29) is 18.7 Å². The van der Waals surface area contributed by atoms with Gasteiger partial charge >= 0.3 is 5.97 Å². The highest BCUT2D eigenvalue weighted by atomic mass is 16.6. The standard InChI is InChI=1S/C13H25NO5/c1-16-8-9-17-10-11-19-13(15)4-7-18-12-2-5-14-6-3-12/h12,14H,2-11H2,1H3. The normalized spacial score (nSPS) is 16.5. The number of hydrogen-bond donors (Lipinski definition) is 1. The Hall–Kier alpha value is -0.690. The molecule has 1 heterocycles. The van der Waals surface area contributed by atoms with Crippen molar-refractivity contribution in [1.29, 1.82) is 0 Å². The molecule has 112 valence electrons. The molecule has 0 aromatic heterocycles. The fourth-order valence-electron chi connectivity index (χ4n) is 1.80. The second-order valence-electron chi connectivity index (χ2n) is 4.40. The van der Waals surface area contributed by atoms with Crippen LogP contribution >= 0.6 is 0 Å². The molecule has 0 spiro atoms. The summed E-state index contributed by atoms with van der Waals surface area (Å²) in [5, 5.41) is 3.27. The van der Waals surface area contributed by atoms with Gasteiger partial charge in [0.1, 0.15) is 6.61 Å². The van der Waals surface area contributed by atoms with Crippen molar-refractivity contribution in [2.24, 2.45) is 0 Å². The van der Waals surface area contributed by atoms with E-state index in [0.29, 0.717) is 32.8 Å². The molecular formula is C13H25NO5. The van der Waals surface area contributed by atoms with Crippen molar-refractivity contribution < 1.29 is 23.7 Å². The summed E-state index contributed by atoms with van der Waals surface area (Å²) in [6.07, 6.45) is 2.62. The summed E-state index contributed by atoms with van der Waals surface area (Å²) in [5.41, 5.74) is 0. The van der Waals surface area contributed by atoms with E-state index in [2.05, 4.69) is 5.32 Å². The number of methoxy groups -OCH3 is 1. The summed E-state index contributed by atoms with van der Waals surface area (Å²) in [6.45, 7) is 4.20. The Morgan fingerprint density at radius 3 is 2.58 bits per heavy atom. The molecule has 0 unspecified atom stereocenters. The predicted octanol–water partition coefficient (Wildman–Crippen LogP) is 0.351. The van der Waals surface area contributed by atoms with Gasteiger partial charge < -0.3 is 24.3 Å². The zero-order valence-electron chi connectivity index (χ0n) is 11.7. The number of carbonyl (C=O) groups is 1. The lowest BCUT2D eigenvalue weighted by molar-refractivity contribution is -0.147. The molecule has 6 heteroatoms. The third-order valence-electron chi connectivity index (χ3n) is 2.87. The number of hydrogen-bond acceptors (Lipinski definition) is 6. The maximum atomic E-state index is 11.4. The highest BCUT2D eigenvalue weighted by Crippen LogP contribution is 2.07. The second-order valence-corrected chi connectivity index (χ2v) is 4.40. The molecule has 0 atom stereocenters. The van der Waals surface area contributed by atoms with Crippen molar-refractivity contribution in [2.75, 3.05) is 53.2 Å². The summed E-state index contributed by atoms with van der Waals surface area (Å²) < 4.78 is 20.6. The first-order chi connectivity index (χ1) is 9.33. The average molecular weight is 275 g/mol. The van der Waals surface area contributed by atoms with Crippen LogP contribution in [0.4, 0.5) is 0 Å². The number of rotatable bonds is 10. The number of nitrogens with one attached hydrogen (secondary N) is 1. The highest BCUT2D eigenvalue weighted by molar-refractivity contribution is 5.69. The molecule has 0 amide bonds. The first-order valence-corrected chi connectivity index (χ1v) is 6.87. The lowest BCUT2D eigenvalue weighted by Gasteiger charge is -2.22. The van der Waals surface area contributed by atoms with E-state index < -0.39 is 0 Å². The Morgan fingerprint density at radius 1 is 1.11 bits per heavy atom. The largest absolute Gasteiger partial charge is 0.463 e. The molecular weight excluding hydrogens is 250 g/mol. The quantitative estimate of drug-likeness (QED) is 0.458. The minimum Gasteiger partial charge on any atom is -0.463 e. The van der Waals surface area contributed by atoms with Crippen LogP contribution in [0.3, 0.4) is 0 Å². The van der Waals surface area contributed by atoms with Crippen molar-refractivity contribution in [1.82, 2.24) is 5.32 Å². The van der Waals surface area contributed by atoms with Gasteiger partial charge in [0.05, 0.1) is 39.0 Å². The Labute approximate surface area is 114 Å². The molecule has 0 aromatic carbocycles. The molecule has 1 fully saturated rings. The predicted molar refractivity (Wildman–Crippen MR) is 70.1 cm³/mol. The fourth-order valence-corrected chi connectivity index (χ4v) is 1.80. The van der Waals surface area contributed by atoms with Crippen molar-refractivity contribution >= 4 is 5.97 Å². The minimum atomic E-state index is -0.232. The number of carbonyl (C=O) groups excluding carboxylic acids is 1. The van der Waals surface area contributed by atoms with Crippen LogP contribution in [0, 0.1) is 0 Å². The van der Waals surface area contributed by atoms with E-state index in [0.717, 1.165) is 25.9 Å². The van der Waals surface area contributed by atoms with E-state index in [4.69, 9.17) is 18.9 Å². The summed E-state index contributed by atoms with van der Waals surface area (Å²) >= 11 is 0. The molecule has 1 N–H and O–H groups in total. The first-order valence-electron chi connectivity index (χ1n) is 6.87. The van der Waals surface area contributed by atoms with Crippen molar-refractivity contribution in [2.45, 2.75) is 25.4 Å². The first kappa shape index (κ1) is 16.4. The van der Waals surface area contributed by atoms with Gasteiger partial charge in [0, 0.05) is 7.11 Å². The Kier molecular flexibility index (Phi) is 9.61. The van der Waals surface area contributed by atoms with Crippen LogP contribution in [-0.2, 0) is 23.7 Å². The number of esters is 1. The van der Waals surface area contributed by atoms with Crippen LogP contribution < -0.4 is 5.32 Å². The third-order valence-corrected chi connectivity index (χ3v) is 2.87. The molecule has 6 nitrogen and oxygen atoms in total. The van der Waals surface area contributed by atoms with Gasteiger partial charge in [-0.05, 0) is 25.9 Å². The maximum Gasteiger partial charge on any atom is 0.308 e. The van der Waals surface area contributed by atoms with Gasteiger partial charge in [-0.2, -0.15) is 0 Å². The number of ether oxygens (including phenoxy) is 4. The Balaban J connectivity index is 1.87. The zero-order chi connectivity index (χ0) is 13.8. The molecule has 19 heavy (non-hydrogen) atoms. The Bertz CT molecular complexity index is 231. The van der Waals surface area contributed by atoms with Gasteiger partial charge in [-0.15, -0.1) is 0 Å². The summed E-state index contributed by atoms with van der Waals surface area (Å²) in [5.74, 6) is -0.232. The highest BCUT2D eigenvalue weighted by Gasteiger charge is 2.13. The second kappa shape index (κ2) is 11.2. The average Bonchev–Trinajstić information content (AvgIpc) is 2.44. The summed E-state index contributed by atoms with van der Waals surface area (Å²) in [4.78, 5) is 11.4. The van der Waals surface area contributed by atoms with Crippen LogP contribution in [0.5, 0.6) is 0 Å². The van der Waals surface area contributed by atoms with E-state index in [1.165, 1.54) is 0 Å². The van der Waals surface area contributed by atoms with Crippen LogP contribution in [0.2, 0.25) is 0 Å². The minimum absolute atomic E-state index is 0.232. The van der Waals surface area contributed by atoms with Crippen molar-refractivity contribution in [3.8, 4) is 0 Å². The zero-order valence-corrected chi connectivity index (χ0v) is 11.7. The van der Waals surface area contributed by atoms with E-state index in [1.54, 1.807) is 7.11 Å². The van der Waals surface area contributed by atoms with E-state index >= 15 is 0 Å². The van der Waals surface area contributed by atoms with Crippen LogP contribution in [-0.4, -0.2) is 65.3 Å². The lowest BCUT2D eigenvalue weighted by Crippen LogP contribution is -2.32. The van der Waals surface area contributed by atoms with Crippen LogP contribution in [0.1, 0.15) is 19.3 Å². The summed E-state index contributed by atoms with van der Waals surface area (Å²) in [7, 11) is 1.62. The maximum absolute atomic E-state index is 11.4. The monoisotopic (exact) mass is 275 g/mol. The van der Waals surface area contributed by atoms with Gasteiger partial charge in [0.15, 0.2) is 0 Å². The molecule has 0 radical (unpaired) electrons. The van der Waals surface area contributed by atoms with Gasteiger partial charge in [0.25, 0.3) is 0 Å². The van der Waals surface area contributed by atoms with Gasteiger partial charge in [-0.25, -0.2) is 0 Å². The molecule has 1 rings (SSSR count). The molecule has 0 saturated carbocycles. The molecule has 1 aliphatic heterocycles. The SMILES string of the molecule is COCCOCCOC(=O)CCOC1CCNCC1. The molecule has 1 saturated heterocycles. The van der Waals surface area contributed by atoms with E-state index in [9.17, 15) is 4.79 Å². The topological polar surface area (TPSA) is 66.0 Å². The van der Waals surface area contributed by atoms with Gasteiger partial charge in [-0.1, -0.05) is 0 Å².